The Balaban J connectivity index is 2.35. The monoisotopic (exact) mass is 299 g/mol. The molecule has 1 nitrogen and oxygen atoms in total. The SMILES string of the molecule is CCCCCC(CSc1ccc(Cl)cc1)NCCC. The van der Waals surface area contributed by atoms with Gasteiger partial charge in [0, 0.05) is 21.7 Å². The second-order valence-corrected chi connectivity index (χ2v) is 6.44. The first-order valence-electron chi connectivity index (χ1n) is 7.38. The van der Waals surface area contributed by atoms with Gasteiger partial charge in [-0.2, -0.15) is 0 Å². The summed E-state index contributed by atoms with van der Waals surface area (Å²) in [4.78, 5) is 1.31. The van der Waals surface area contributed by atoms with E-state index in [2.05, 4.69) is 31.3 Å². The number of hydrogen-bond acceptors (Lipinski definition) is 2. The number of hydrogen-bond donors (Lipinski definition) is 1. The van der Waals surface area contributed by atoms with Gasteiger partial charge in [0.15, 0.2) is 0 Å². The van der Waals surface area contributed by atoms with E-state index in [1.54, 1.807) is 0 Å². The van der Waals surface area contributed by atoms with Crippen molar-refractivity contribution in [2.45, 2.75) is 56.9 Å². The quantitative estimate of drug-likeness (QED) is 0.460. The second kappa shape index (κ2) is 10.6. The number of rotatable bonds is 10. The molecule has 0 amide bonds. The Morgan fingerprint density at radius 2 is 1.84 bits per heavy atom. The molecule has 1 N–H and O–H groups in total. The number of benzene rings is 1. The van der Waals surface area contributed by atoms with Crippen LogP contribution in [0.2, 0.25) is 5.02 Å². The predicted molar refractivity (Wildman–Crippen MR) is 88.4 cm³/mol. The molecular weight excluding hydrogens is 274 g/mol. The van der Waals surface area contributed by atoms with Crippen LogP contribution in [-0.2, 0) is 0 Å². The van der Waals surface area contributed by atoms with E-state index in [-0.39, 0.29) is 0 Å². The summed E-state index contributed by atoms with van der Waals surface area (Å²) in [7, 11) is 0. The van der Waals surface area contributed by atoms with Gasteiger partial charge in [0.2, 0.25) is 0 Å². The average molecular weight is 300 g/mol. The molecule has 19 heavy (non-hydrogen) atoms. The van der Waals surface area contributed by atoms with Gasteiger partial charge in [-0.3, -0.25) is 0 Å². The maximum Gasteiger partial charge on any atom is 0.0406 e. The fraction of sp³-hybridized carbons (Fsp3) is 0.625. The summed E-state index contributed by atoms with van der Waals surface area (Å²) in [6.07, 6.45) is 6.46. The van der Waals surface area contributed by atoms with Gasteiger partial charge in [0.1, 0.15) is 0 Å². The normalized spacial score (nSPS) is 12.6. The van der Waals surface area contributed by atoms with Crippen LogP contribution in [0.4, 0.5) is 0 Å². The topological polar surface area (TPSA) is 12.0 Å². The highest BCUT2D eigenvalue weighted by Gasteiger charge is 2.08. The minimum Gasteiger partial charge on any atom is -0.313 e. The van der Waals surface area contributed by atoms with E-state index in [4.69, 9.17) is 11.6 Å². The first kappa shape index (κ1) is 16.9. The minimum atomic E-state index is 0.632. The molecule has 0 aromatic heterocycles. The number of halogens is 1. The largest absolute Gasteiger partial charge is 0.313 e. The number of thioether (sulfide) groups is 1. The van der Waals surface area contributed by atoms with Crippen LogP contribution in [0.5, 0.6) is 0 Å². The average Bonchev–Trinajstić information content (AvgIpc) is 2.43. The molecule has 1 rings (SSSR count). The molecule has 1 aromatic rings. The van der Waals surface area contributed by atoms with Crippen LogP contribution < -0.4 is 5.32 Å². The van der Waals surface area contributed by atoms with Crippen molar-refractivity contribution in [3.05, 3.63) is 29.3 Å². The van der Waals surface area contributed by atoms with E-state index < -0.39 is 0 Å². The number of nitrogens with one attached hydrogen (secondary N) is 1. The van der Waals surface area contributed by atoms with Crippen LogP contribution in [0.3, 0.4) is 0 Å². The Morgan fingerprint density at radius 3 is 2.47 bits per heavy atom. The van der Waals surface area contributed by atoms with E-state index >= 15 is 0 Å². The van der Waals surface area contributed by atoms with Crippen molar-refractivity contribution >= 4 is 23.4 Å². The third-order valence-corrected chi connectivity index (χ3v) is 4.53. The Bertz CT molecular complexity index is 326. The Hall–Kier alpha value is -0.180. The zero-order chi connectivity index (χ0) is 13.9. The van der Waals surface area contributed by atoms with Gasteiger partial charge in [-0.05, 0) is 43.7 Å². The maximum atomic E-state index is 5.91. The zero-order valence-corrected chi connectivity index (χ0v) is 13.7. The first-order chi connectivity index (χ1) is 9.26. The Morgan fingerprint density at radius 1 is 1.11 bits per heavy atom. The van der Waals surface area contributed by atoms with E-state index in [9.17, 15) is 0 Å². The van der Waals surface area contributed by atoms with Gasteiger partial charge >= 0.3 is 0 Å². The van der Waals surface area contributed by atoms with Crippen molar-refractivity contribution in [3.63, 3.8) is 0 Å². The lowest BCUT2D eigenvalue weighted by Gasteiger charge is -2.18. The van der Waals surface area contributed by atoms with E-state index in [0.29, 0.717) is 6.04 Å². The van der Waals surface area contributed by atoms with Crippen molar-refractivity contribution in [2.75, 3.05) is 12.3 Å². The molecule has 0 aliphatic rings. The van der Waals surface area contributed by atoms with Gasteiger partial charge in [-0.1, -0.05) is 44.7 Å². The van der Waals surface area contributed by atoms with Gasteiger partial charge in [0.25, 0.3) is 0 Å². The molecule has 0 saturated heterocycles. The molecule has 0 aliphatic heterocycles. The predicted octanol–water partition coefficient (Wildman–Crippen LogP) is 5.38. The lowest BCUT2D eigenvalue weighted by Crippen LogP contribution is -2.31. The molecule has 3 heteroatoms. The van der Waals surface area contributed by atoms with Gasteiger partial charge in [-0.15, -0.1) is 11.8 Å². The summed E-state index contributed by atoms with van der Waals surface area (Å²) >= 11 is 7.83. The fourth-order valence-electron chi connectivity index (χ4n) is 1.96. The molecule has 0 fully saturated rings. The standard InChI is InChI=1S/C16H26ClNS/c1-3-5-6-7-15(18-12-4-2)13-19-16-10-8-14(17)9-11-16/h8-11,15,18H,3-7,12-13H2,1-2H3. The molecule has 0 bridgehead atoms. The van der Waals surface area contributed by atoms with Crippen LogP contribution >= 0.6 is 23.4 Å². The van der Waals surface area contributed by atoms with Crippen molar-refractivity contribution < 1.29 is 0 Å². The van der Waals surface area contributed by atoms with Crippen LogP contribution in [0, 0.1) is 0 Å². The minimum absolute atomic E-state index is 0.632. The van der Waals surface area contributed by atoms with Gasteiger partial charge in [0.05, 0.1) is 0 Å². The molecule has 0 heterocycles. The molecule has 0 saturated carbocycles. The maximum absolute atomic E-state index is 5.91. The molecule has 1 aromatic carbocycles. The Labute approximate surface area is 127 Å². The molecular formula is C16H26ClNS. The fourth-order valence-corrected chi connectivity index (χ4v) is 3.09. The second-order valence-electron chi connectivity index (χ2n) is 4.91. The third kappa shape index (κ3) is 7.86. The van der Waals surface area contributed by atoms with E-state index in [0.717, 1.165) is 17.3 Å². The van der Waals surface area contributed by atoms with Crippen LogP contribution in [0.1, 0.15) is 46.0 Å². The van der Waals surface area contributed by atoms with Crippen LogP contribution in [-0.4, -0.2) is 18.3 Å². The van der Waals surface area contributed by atoms with Crippen molar-refractivity contribution in [3.8, 4) is 0 Å². The van der Waals surface area contributed by atoms with Gasteiger partial charge < -0.3 is 5.32 Å². The van der Waals surface area contributed by atoms with Crippen LogP contribution in [0.25, 0.3) is 0 Å². The third-order valence-electron chi connectivity index (χ3n) is 3.10. The number of unbranched alkanes of at least 4 members (excludes halogenated alkanes) is 2. The summed E-state index contributed by atoms with van der Waals surface area (Å²) in [6.45, 7) is 5.61. The molecule has 0 aliphatic carbocycles. The van der Waals surface area contributed by atoms with Crippen molar-refractivity contribution in [1.29, 1.82) is 0 Å². The first-order valence-corrected chi connectivity index (χ1v) is 8.74. The van der Waals surface area contributed by atoms with Crippen LogP contribution in [0.15, 0.2) is 29.2 Å². The zero-order valence-electron chi connectivity index (χ0n) is 12.1. The van der Waals surface area contributed by atoms with E-state index in [1.165, 1.54) is 37.0 Å². The highest BCUT2D eigenvalue weighted by atomic mass is 35.5. The molecule has 1 unspecified atom stereocenters. The lowest BCUT2D eigenvalue weighted by molar-refractivity contribution is 0.493. The molecule has 1 atom stereocenters. The molecule has 108 valence electrons. The molecule has 0 spiro atoms. The van der Waals surface area contributed by atoms with Gasteiger partial charge in [-0.25, -0.2) is 0 Å². The Kier molecular flexibility index (Phi) is 9.40. The summed E-state index contributed by atoms with van der Waals surface area (Å²) in [5.74, 6) is 1.14. The van der Waals surface area contributed by atoms with Crippen molar-refractivity contribution in [2.24, 2.45) is 0 Å². The summed E-state index contributed by atoms with van der Waals surface area (Å²) in [6, 6.07) is 8.78. The summed E-state index contributed by atoms with van der Waals surface area (Å²) in [5.41, 5.74) is 0. The molecule has 0 radical (unpaired) electrons. The highest BCUT2D eigenvalue weighted by Crippen LogP contribution is 2.22. The van der Waals surface area contributed by atoms with E-state index in [1.807, 2.05) is 23.9 Å². The van der Waals surface area contributed by atoms with Crippen molar-refractivity contribution in [1.82, 2.24) is 5.32 Å². The lowest BCUT2D eigenvalue weighted by atomic mass is 10.1. The summed E-state index contributed by atoms with van der Waals surface area (Å²) in [5, 5.41) is 4.48. The summed E-state index contributed by atoms with van der Waals surface area (Å²) < 4.78 is 0. The highest BCUT2D eigenvalue weighted by molar-refractivity contribution is 7.99. The smallest absolute Gasteiger partial charge is 0.0406 e.